The Hall–Kier alpha value is -2.12. The molecule has 0 aliphatic heterocycles. The summed E-state index contributed by atoms with van der Waals surface area (Å²) < 4.78 is 10.6. The summed E-state index contributed by atoms with van der Waals surface area (Å²) in [6.07, 6.45) is 4.52. The van der Waals surface area contributed by atoms with Gasteiger partial charge in [0.2, 0.25) is 11.7 Å². The fraction of sp³-hybridized carbons (Fsp3) is 0.500. The van der Waals surface area contributed by atoms with E-state index >= 15 is 0 Å². The zero-order chi connectivity index (χ0) is 17.6. The molecular weight excluding hydrogens is 356 g/mol. The normalized spacial score (nSPS) is 19.5. The van der Waals surface area contributed by atoms with E-state index < -0.39 is 0 Å². The van der Waals surface area contributed by atoms with Crippen molar-refractivity contribution in [3.8, 4) is 5.75 Å². The highest BCUT2D eigenvalue weighted by molar-refractivity contribution is 5.94. The Morgan fingerprint density at radius 3 is 2.58 bits per heavy atom. The van der Waals surface area contributed by atoms with E-state index in [-0.39, 0.29) is 37.0 Å². The first kappa shape index (κ1) is 20.2. The zero-order valence-electron chi connectivity index (χ0n) is 14.8. The van der Waals surface area contributed by atoms with Gasteiger partial charge in [-0.1, -0.05) is 12.1 Å². The van der Waals surface area contributed by atoms with Crippen molar-refractivity contribution in [2.24, 2.45) is 5.73 Å². The molecule has 1 saturated carbocycles. The minimum absolute atomic E-state index is 0. The van der Waals surface area contributed by atoms with E-state index in [9.17, 15) is 4.79 Å². The number of ether oxygens (including phenoxy) is 1. The number of carbonyl (C=O) groups is 1. The summed E-state index contributed by atoms with van der Waals surface area (Å²) in [5.74, 6) is 1.70. The highest BCUT2D eigenvalue weighted by Gasteiger charge is 2.20. The van der Waals surface area contributed by atoms with E-state index in [1.807, 2.05) is 6.92 Å². The molecule has 1 fully saturated rings. The average molecular weight is 381 g/mol. The summed E-state index contributed by atoms with van der Waals surface area (Å²) in [6.45, 7) is 2.18. The molecule has 1 aromatic carbocycles. The predicted molar refractivity (Wildman–Crippen MR) is 99.4 cm³/mol. The molecule has 0 bridgehead atoms. The van der Waals surface area contributed by atoms with Gasteiger partial charge < -0.3 is 20.3 Å². The topological polar surface area (TPSA) is 103 Å². The van der Waals surface area contributed by atoms with Gasteiger partial charge in [0, 0.05) is 24.1 Å². The van der Waals surface area contributed by atoms with Crippen LogP contribution < -0.4 is 15.8 Å². The summed E-state index contributed by atoms with van der Waals surface area (Å²) in [4.78, 5) is 16.5. The van der Waals surface area contributed by atoms with Gasteiger partial charge in [-0.25, -0.2) is 0 Å². The number of nitrogens with two attached hydrogens (primary N) is 1. The van der Waals surface area contributed by atoms with E-state index in [0.717, 1.165) is 25.7 Å². The van der Waals surface area contributed by atoms with Gasteiger partial charge in [-0.05, 0) is 49.9 Å². The molecule has 3 N–H and O–H groups in total. The van der Waals surface area contributed by atoms with Gasteiger partial charge in [0.05, 0.1) is 0 Å². The molecule has 1 aliphatic carbocycles. The summed E-state index contributed by atoms with van der Waals surface area (Å²) in [6, 6.07) is 7.55. The molecule has 0 saturated heterocycles. The molecule has 3 rings (SSSR count). The van der Waals surface area contributed by atoms with Gasteiger partial charge in [-0.2, -0.15) is 4.98 Å². The molecule has 142 valence electrons. The molecular formula is C18H25ClN4O3. The van der Waals surface area contributed by atoms with Gasteiger partial charge in [-0.3, -0.25) is 4.79 Å². The highest BCUT2D eigenvalue weighted by atomic mass is 35.5. The number of rotatable bonds is 6. The van der Waals surface area contributed by atoms with Crippen molar-refractivity contribution < 1.29 is 14.1 Å². The number of benzene rings is 1. The van der Waals surface area contributed by atoms with Gasteiger partial charge >= 0.3 is 0 Å². The lowest BCUT2D eigenvalue weighted by Crippen LogP contribution is -2.40. The van der Waals surface area contributed by atoms with E-state index in [4.69, 9.17) is 15.0 Å². The summed E-state index contributed by atoms with van der Waals surface area (Å²) >= 11 is 0. The predicted octanol–water partition coefficient (Wildman–Crippen LogP) is 2.63. The molecule has 0 spiro atoms. The Morgan fingerprint density at radius 1 is 1.27 bits per heavy atom. The van der Waals surface area contributed by atoms with Crippen molar-refractivity contribution in [1.82, 2.24) is 15.5 Å². The van der Waals surface area contributed by atoms with Gasteiger partial charge in [0.25, 0.3) is 5.91 Å². The van der Waals surface area contributed by atoms with Crippen LogP contribution in [0.2, 0.25) is 0 Å². The fourth-order valence-electron chi connectivity index (χ4n) is 2.88. The Balaban J connectivity index is 0.00000243. The number of aryl methyl sites for hydroxylation is 1. The van der Waals surface area contributed by atoms with Crippen LogP contribution in [0.25, 0.3) is 0 Å². The van der Waals surface area contributed by atoms with Crippen LogP contribution in [-0.2, 0) is 13.0 Å². The third-order valence-electron chi connectivity index (χ3n) is 4.40. The lowest BCUT2D eigenvalue weighted by Gasteiger charge is -2.26. The van der Waals surface area contributed by atoms with Crippen molar-refractivity contribution in [2.45, 2.75) is 57.7 Å². The van der Waals surface area contributed by atoms with Crippen LogP contribution in [0.4, 0.5) is 0 Å². The zero-order valence-corrected chi connectivity index (χ0v) is 15.6. The van der Waals surface area contributed by atoms with E-state index in [1.54, 1.807) is 24.3 Å². The van der Waals surface area contributed by atoms with Gasteiger partial charge in [0.1, 0.15) is 5.75 Å². The van der Waals surface area contributed by atoms with Crippen LogP contribution in [0.1, 0.15) is 54.7 Å². The van der Waals surface area contributed by atoms with E-state index in [2.05, 4.69) is 15.5 Å². The van der Waals surface area contributed by atoms with Crippen LogP contribution in [0.5, 0.6) is 5.75 Å². The van der Waals surface area contributed by atoms with Crippen molar-refractivity contribution in [1.29, 1.82) is 0 Å². The SMILES string of the molecule is CCc1nc(COc2ccc(C(=O)NC3CCC(N)CC3)cc2)no1.Cl. The maximum absolute atomic E-state index is 12.3. The molecule has 1 aliphatic rings. The molecule has 1 heterocycles. The van der Waals surface area contributed by atoms with Crippen LogP contribution in [-0.4, -0.2) is 28.1 Å². The number of aromatic nitrogens is 2. The fourth-order valence-corrected chi connectivity index (χ4v) is 2.88. The second-order valence-electron chi connectivity index (χ2n) is 6.36. The summed E-state index contributed by atoms with van der Waals surface area (Å²) in [5.41, 5.74) is 6.51. The first-order chi connectivity index (χ1) is 12.1. The largest absolute Gasteiger partial charge is 0.485 e. The number of nitrogens with one attached hydrogen (secondary N) is 1. The molecule has 1 amide bonds. The monoisotopic (exact) mass is 380 g/mol. The van der Waals surface area contributed by atoms with Crippen LogP contribution >= 0.6 is 12.4 Å². The van der Waals surface area contributed by atoms with Crippen LogP contribution in [0.15, 0.2) is 28.8 Å². The maximum atomic E-state index is 12.3. The van der Waals surface area contributed by atoms with E-state index in [0.29, 0.717) is 29.4 Å². The van der Waals surface area contributed by atoms with Crippen molar-refractivity contribution >= 4 is 18.3 Å². The standard InChI is InChI=1S/C18H24N4O3.ClH/c1-2-17-21-16(22-25-17)11-24-15-9-3-12(4-10-15)18(23)20-14-7-5-13(19)6-8-14;/h3-4,9-10,13-14H,2,5-8,11,19H2,1H3,(H,20,23);1H. The molecule has 7 nitrogen and oxygen atoms in total. The number of halogens is 1. The number of hydrogen-bond donors (Lipinski definition) is 2. The lowest BCUT2D eigenvalue weighted by atomic mass is 9.91. The first-order valence-corrected chi connectivity index (χ1v) is 8.75. The molecule has 0 atom stereocenters. The lowest BCUT2D eigenvalue weighted by molar-refractivity contribution is 0.0926. The first-order valence-electron chi connectivity index (χ1n) is 8.75. The molecule has 2 aromatic rings. The molecule has 0 unspecified atom stereocenters. The summed E-state index contributed by atoms with van der Waals surface area (Å²) in [7, 11) is 0. The molecule has 26 heavy (non-hydrogen) atoms. The van der Waals surface area contributed by atoms with Crippen molar-refractivity contribution in [3.05, 3.63) is 41.5 Å². The Labute approximate surface area is 159 Å². The Morgan fingerprint density at radius 2 is 1.96 bits per heavy atom. The maximum Gasteiger partial charge on any atom is 0.251 e. The molecule has 0 radical (unpaired) electrons. The second-order valence-corrected chi connectivity index (χ2v) is 6.36. The number of amides is 1. The Kier molecular flexibility index (Phi) is 7.41. The number of carbonyl (C=O) groups excluding carboxylic acids is 1. The van der Waals surface area contributed by atoms with Crippen molar-refractivity contribution in [2.75, 3.05) is 0 Å². The third kappa shape index (κ3) is 5.44. The average Bonchev–Trinajstić information content (AvgIpc) is 3.10. The molecule has 1 aromatic heterocycles. The van der Waals surface area contributed by atoms with Gasteiger partial charge in [0.15, 0.2) is 6.61 Å². The molecule has 8 heteroatoms. The number of nitrogens with zero attached hydrogens (tertiary/aromatic N) is 2. The third-order valence-corrected chi connectivity index (χ3v) is 4.40. The minimum atomic E-state index is -0.0576. The minimum Gasteiger partial charge on any atom is -0.485 e. The highest BCUT2D eigenvalue weighted by Crippen LogP contribution is 2.18. The van der Waals surface area contributed by atoms with Crippen molar-refractivity contribution in [3.63, 3.8) is 0 Å². The van der Waals surface area contributed by atoms with Gasteiger partial charge in [-0.15, -0.1) is 12.4 Å². The second kappa shape index (κ2) is 9.54. The smallest absolute Gasteiger partial charge is 0.251 e. The summed E-state index contributed by atoms with van der Waals surface area (Å²) in [5, 5.41) is 6.91. The van der Waals surface area contributed by atoms with Crippen LogP contribution in [0.3, 0.4) is 0 Å². The van der Waals surface area contributed by atoms with E-state index in [1.165, 1.54) is 0 Å². The number of hydrogen-bond acceptors (Lipinski definition) is 6. The van der Waals surface area contributed by atoms with Crippen LogP contribution in [0, 0.1) is 0 Å². The Bertz CT molecular complexity index is 697. The quantitative estimate of drug-likeness (QED) is 0.798.